The van der Waals surface area contributed by atoms with Gasteiger partial charge in [0.15, 0.2) is 0 Å². The van der Waals surface area contributed by atoms with E-state index in [0.29, 0.717) is 28.7 Å². The summed E-state index contributed by atoms with van der Waals surface area (Å²) in [6.07, 6.45) is 2.02. The lowest BCUT2D eigenvalue weighted by Gasteiger charge is -2.14. The van der Waals surface area contributed by atoms with E-state index in [4.69, 9.17) is 14.9 Å². The van der Waals surface area contributed by atoms with E-state index in [0.717, 1.165) is 11.3 Å². The Labute approximate surface area is 236 Å². The highest BCUT2D eigenvalue weighted by Gasteiger charge is 2.21. The topological polar surface area (TPSA) is 160 Å². The number of hydrogen-bond donors (Lipinski definition) is 5. The quantitative estimate of drug-likeness (QED) is 0.196. The number of nitrogens with zero attached hydrogens (tertiary/aromatic N) is 3. The van der Waals surface area contributed by atoms with Gasteiger partial charge < -0.3 is 25.8 Å². The molecule has 41 heavy (non-hydrogen) atoms. The second-order valence-electron chi connectivity index (χ2n) is 10.1. The number of benzene rings is 2. The Hall–Kier alpha value is -5.39. The summed E-state index contributed by atoms with van der Waals surface area (Å²) in [5.74, 6) is 1.32. The van der Waals surface area contributed by atoms with Crippen LogP contribution in [-0.2, 0) is 16.8 Å². The predicted octanol–water partition coefficient (Wildman–Crippen LogP) is 4.88. The fourth-order valence-corrected chi connectivity index (χ4v) is 3.63. The summed E-state index contributed by atoms with van der Waals surface area (Å²) >= 11 is 0. The van der Waals surface area contributed by atoms with Gasteiger partial charge in [-0.15, -0.1) is 0 Å². The minimum Gasteiger partial charge on any atom is -0.465 e. The lowest BCUT2D eigenvalue weighted by molar-refractivity contribution is -0.120. The Morgan fingerprint density at radius 2 is 1.54 bits per heavy atom. The third-order valence-electron chi connectivity index (χ3n) is 5.79. The van der Waals surface area contributed by atoms with Crippen molar-refractivity contribution in [3.05, 3.63) is 90.4 Å². The van der Waals surface area contributed by atoms with Gasteiger partial charge in [-0.3, -0.25) is 15.1 Å². The number of hydrogen-bond acceptors (Lipinski definition) is 6. The highest BCUT2D eigenvalue weighted by atomic mass is 16.5. The van der Waals surface area contributed by atoms with Crippen LogP contribution < -0.4 is 26.0 Å². The van der Waals surface area contributed by atoms with Crippen LogP contribution in [0.3, 0.4) is 0 Å². The summed E-state index contributed by atoms with van der Waals surface area (Å²) in [6.45, 7) is 6.00. The molecule has 0 bridgehead atoms. The number of urea groups is 1. The maximum Gasteiger partial charge on any atom is 0.405 e. The van der Waals surface area contributed by atoms with Crippen LogP contribution in [0.1, 0.15) is 32.0 Å². The lowest BCUT2D eigenvalue weighted by Crippen LogP contribution is -2.35. The maximum atomic E-state index is 12.9. The molecule has 0 fully saturated rings. The van der Waals surface area contributed by atoms with Crippen molar-refractivity contribution in [1.29, 1.82) is 0 Å². The fraction of sp³-hybridized carbons (Fsp3) is 0.207. The largest absolute Gasteiger partial charge is 0.465 e. The van der Waals surface area contributed by atoms with E-state index < -0.39 is 18.0 Å². The summed E-state index contributed by atoms with van der Waals surface area (Å²) in [5.41, 5.74) is 2.61. The van der Waals surface area contributed by atoms with Crippen molar-refractivity contribution in [1.82, 2.24) is 25.4 Å². The normalized spacial score (nSPS) is 10.9. The van der Waals surface area contributed by atoms with Gasteiger partial charge in [0.2, 0.25) is 5.91 Å². The first-order chi connectivity index (χ1) is 19.6. The lowest BCUT2D eigenvalue weighted by atomic mass is 9.92. The van der Waals surface area contributed by atoms with Crippen molar-refractivity contribution in [2.45, 2.75) is 32.7 Å². The number of pyridine rings is 1. The Balaban J connectivity index is 1.43. The Morgan fingerprint density at radius 1 is 0.878 bits per heavy atom. The van der Waals surface area contributed by atoms with Crippen molar-refractivity contribution < 1.29 is 24.2 Å². The number of nitrogens with one attached hydrogen (secondary N) is 4. The zero-order valence-electron chi connectivity index (χ0n) is 22.8. The van der Waals surface area contributed by atoms with E-state index in [1.165, 1.54) is 0 Å². The maximum absolute atomic E-state index is 12.9. The van der Waals surface area contributed by atoms with Gasteiger partial charge >= 0.3 is 12.1 Å². The van der Waals surface area contributed by atoms with E-state index in [9.17, 15) is 14.4 Å². The van der Waals surface area contributed by atoms with Gasteiger partial charge in [0.05, 0.1) is 17.9 Å². The van der Waals surface area contributed by atoms with Gasteiger partial charge in [-0.1, -0.05) is 32.9 Å². The summed E-state index contributed by atoms with van der Waals surface area (Å²) in [6, 6.07) is 19.2. The predicted molar refractivity (Wildman–Crippen MR) is 154 cm³/mol. The van der Waals surface area contributed by atoms with Crippen LogP contribution in [0.4, 0.5) is 21.1 Å². The van der Waals surface area contributed by atoms with Crippen molar-refractivity contribution in [3.8, 4) is 17.2 Å². The Kier molecular flexibility index (Phi) is 8.82. The van der Waals surface area contributed by atoms with E-state index in [-0.39, 0.29) is 18.5 Å². The molecule has 0 saturated carbocycles. The van der Waals surface area contributed by atoms with Crippen LogP contribution in [0.2, 0.25) is 0 Å². The first-order valence-electron chi connectivity index (χ1n) is 12.8. The molecule has 2 heterocycles. The SMILES string of the molecule is CC(C)(C)c1cc(NC(=O)Nc2ccc(Oc3ccncc3)cc2)n(-c2ccc(CNC(=O)CNC(=O)O)cc2)n1. The smallest absolute Gasteiger partial charge is 0.405 e. The van der Waals surface area contributed by atoms with Crippen LogP contribution in [0.15, 0.2) is 79.1 Å². The average Bonchev–Trinajstić information content (AvgIpc) is 3.37. The van der Waals surface area contributed by atoms with Gasteiger partial charge in [0.25, 0.3) is 0 Å². The van der Waals surface area contributed by atoms with Crippen LogP contribution in [0, 0.1) is 0 Å². The van der Waals surface area contributed by atoms with Crippen molar-refractivity contribution >= 4 is 29.5 Å². The molecule has 0 spiro atoms. The molecular weight excluding hydrogens is 526 g/mol. The first-order valence-corrected chi connectivity index (χ1v) is 12.8. The van der Waals surface area contributed by atoms with Crippen molar-refractivity contribution in [3.63, 3.8) is 0 Å². The van der Waals surface area contributed by atoms with Gasteiger partial charge in [0.1, 0.15) is 17.3 Å². The monoisotopic (exact) mass is 557 g/mol. The van der Waals surface area contributed by atoms with Gasteiger partial charge in [-0.25, -0.2) is 14.3 Å². The second kappa shape index (κ2) is 12.6. The first kappa shape index (κ1) is 28.6. The molecule has 0 aliphatic carbocycles. The van der Waals surface area contributed by atoms with Gasteiger partial charge in [-0.05, 0) is 54.1 Å². The zero-order chi connectivity index (χ0) is 29.4. The minimum atomic E-state index is -1.26. The molecule has 0 aliphatic heterocycles. The molecule has 4 aromatic rings. The molecule has 5 N–H and O–H groups in total. The highest BCUT2D eigenvalue weighted by Crippen LogP contribution is 2.27. The van der Waals surface area contributed by atoms with E-state index in [2.05, 4.69) is 20.9 Å². The number of amides is 4. The number of carbonyl (C=O) groups is 3. The zero-order valence-corrected chi connectivity index (χ0v) is 22.8. The summed E-state index contributed by atoms with van der Waals surface area (Å²) in [5, 5.41) is 23.7. The summed E-state index contributed by atoms with van der Waals surface area (Å²) in [4.78, 5) is 39.2. The molecule has 2 aromatic carbocycles. The van der Waals surface area contributed by atoms with E-state index in [1.54, 1.807) is 53.5 Å². The molecule has 0 unspecified atom stereocenters. The molecule has 212 valence electrons. The van der Waals surface area contributed by atoms with Crippen LogP contribution >= 0.6 is 0 Å². The number of anilines is 2. The highest BCUT2D eigenvalue weighted by molar-refractivity contribution is 5.99. The standard InChI is InChI=1S/C29H31N7O5/c1-29(2,3)24-16-25(34-27(38)33-20-6-10-22(11-7-20)41-23-12-14-30-15-13-23)36(35-24)21-8-4-19(5-9-21)17-31-26(37)18-32-28(39)40/h4-16,32H,17-18H2,1-3H3,(H,31,37)(H,39,40)(H2,33,34,38). The molecule has 2 aromatic heterocycles. The number of rotatable bonds is 9. The third-order valence-corrected chi connectivity index (χ3v) is 5.79. The van der Waals surface area contributed by atoms with Crippen LogP contribution in [0.5, 0.6) is 11.5 Å². The molecular formula is C29H31N7O5. The summed E-state index contributed by atoms with van der Waals surface area (Å²) < 4.78 is 7.41. The molecule has 0 radical (unpaired) electrons. The van der Waals surface area contributed by atoms with Crippen LogP contribution in [0.25, 0.3) is 5.69 Å². The van der Waals surface area contributed by atoms with E-state index >= 15 is 0 Å². The molecule has 0 aliphatic rings. The number of carbonyl (C=O) groups excluding carboxylic acids is 2. The summed E-state index contributed by atoms with van der Waals surface area (Å²) in [7, 11) is 0. The molecule has 12 heteroatoms. The second-order valence-corrected chi connectivity index (χ2v) is 10.1. The molecule has 0 saturated heterocycles. The molecule has 12 nitrogen and oxygen atoms in total. The van der Waals surface area contributed by atoms with Gasteiger partial charge in [-0.2, -0.15) is 5.10 Å². The minimum absolute atomic E-state index is 0.229. The van der Waals surface area contributed by atoms with Crippen molar-refractivity contribution in [2.24, 2.45) is 0 Å². The van der Waals surface area contributed by atoms with Crippen LogP contribution in [-0.4, -0.2) is 44.4 Å². The Morgan fingerprint density at radius 3 is 2.17 bits per heavy atom. The van der Waals surface area contributed by atoms with E-state index in [1.807, 2.05) is 56.4 Å². The fourth-order valence-electron chi connectivity index (χ4n) is 3.63. The molecule has 4 amide bonds. The number of carboxylic acid groups (broad SMARTS) is 1. The molecule has 0 atom stereocenters. The number of ether oxygens (including phenoxy) is 1. The Bertz CT molecular complexity index is 1500. The van der Waals surface area contributed by atoms with Crippen molar-refractivity contribution in [2.75, 3.05) is 17.2 Å². The number of aromatic nitrogens is 3. The third kappa shape index (κ3) is 8.30. The van der Waals surface area contributed by atoms with Gasteiger partial charge in [0, 0.05) is 36.1 Å². The molecule has 4 rings (SSSR count). The average molecular weight is 558 g/mol.